The molecule has 116 valence electrons. The fraction of sp³-hybridized carbons (Fsp3) is 0.647. The van der Waals surface area contributed by atoms with Gasteiger partial charge in [-0.2, -0.15) is 0 Å². The minimum atomic E-state index is -0.552. The Morgan fingerprint density at radius 3 is 2.81 bits per heavy atom. The van der Waals surface area contributed by atoms with Crippen LogP contribution in [0.2, 0.25) is 0 Å². The number of rotatable bonds is 4. The molecule has 2 fully saturated rings. The van der Waals surface area contributed by atoms with Crippen molar-refractivity contribution in [2.45, 2.75) is 56.8 Å². The second-order valence-corrected chi connectivity index (χ2v) is 6.20. The Labute approximate surface area is 126 Å². The molecular weight excluding hydrogens is 268 g/mol. The first-order chi connectivity index (χ1) is 10.1. The number of aliphatic hydroxyl groups excluding tert-OH is 1. The van der Waals surface area contributed by atoms with E-state index in [1.165, 1.54) is 6.42 Å². The van der Waals surface area contributed by atoms with Crippen molar-refractivity contribution in [2.75, 3.05) is 13.7 Å². The lowest BCUT2D eigenvalue weighted by molar-refractivity contribution is -0.153. The summed E-state index contributed by atoms with van der Waals surface area (Å²) in [5.74, 6) is 1.48. The van der Waals surface area contributed by atoms with Gasteiger partial charge in [0, 0.05) is 24.5 Å². The van der Waals surface area contributed by atoms with E-state index >= 15 is 0 Å². The fourth-order valence-corrected chi connectivity index (χ4v) is 3.27. The van der Waals surface area contributed by atoms with Crippen LogP contribution in [0.25, 0.3) is 0 Å². The topological polar surface area (TPSA) is 47.9 Å². The Hall–Kier alpha value is -1.26. The Bertz CT molecular complexity index is 494. The molecule has 1 N–H and O–H groups in total. The largest absolute Gasteiger partial charge is 0.497 e. The summed E-state index contributed by atoms with van der Waals surface area (Å²) in [4.78, 5) is 0. The molecule has 1 aromatic rings. The van der Waals surface area contributed by atoms with Crippen LogP contribution in [-0.4, -0.2) is 30.5 Å². The van der Waals surface area contributed by atoms with Crippen molar-refractivity contribution in [3.63, 3.8) is 0 Å². The third-order valence-electron chi connectivity index (χ3n) is 4.68. The minimum Gasteiger partial charge on any atom is -0.497 e. The first-order valence-electron chi connectivity index (χ1n) is 7.78. The van der Waals surface area contributed by atoms with E-state index in [-0.39, 0.29) is 11.7 Å². The molecule has 0 bridgehead atoms. The highest BCUT2D eigenvalue weighted by molar-refractivity contribution is 5.42. The number of methoxy groups -OCH3 is 1. The molecule has 2 atom stereocenters. The molecule has 21 heavy (non-hydrogen) atoms. The molecule has 1 saturated heterocycles. The van der Waals surface area contributed by atoms with E-state index in [0.29, 0.717) is 0 Å². The second kappa shape index (κ2) is 5.85. The van der Waals surface area contributed by atoms with Gasteiger partial charge in [-0.25, -0.2) is 0 Å². The summed E-state index contributed by atoms with van der Waals surface area (Å²) in [6.07, 6.45) is 5.00. The van der Waals surface area contributed by atoms with Crippen molar-refractivity contribution in [2.24, 2.45) is 0 Å². The van der Waals surface area contributed by atoms with Crippen LogP contribution in [0, 0.1) is 0 Å². The molecule has 1 heterocycles. The quantitative estimate of drug-likeness (QED) is 0.925. The maximum absolute atomic E-state index is 9.91. The maximum Gasteiger partial charge on any atom is 0.129 e. The molecule has 2 aliphatic rings. The van der Waals surface area contributed by atoms with E-state index in [4.69, 9.17) is 14.2 Å². The highest BCUT2D eigenvalue weighted by atomic mass is 16.5. The van der Waals surface area contributed by atoms with Gasteiger partial charge >= 0.3 is 0 Å². The van der Waals surface area contributed by atoms with Gasteiger partial charge in [-0.3, -0.25) is 0 Å². The van der Waals surface area contributed by atoms with Crippen LogP contribution in [-0.2, 0) is 4.74 Å². The smallest absolute Gasteiger partial charge is 0.129 e. The monoisotopic (exact) mass is 292 g/mol. The normalized spacial score (nSPS) is 25.2. The Kier molecular flexibility index (Phi) is 4.09. The van der Waals surface area contributed by atoms with Gasteiger partial charge in [0.05, 0.1) is 25.4 Å². The molecule has 1 unspecified atom stereocenters. The first kappa shape index (κ1) is 14.7. The van der Waals surface area contributed by atoms with Gasteiger partial charge in [0.25, 0.3) is 0 Å². The van der Waals surface area contributed by atoms with E-state index in [9.17, 15) is 5.11 Å². The van der Waals surface area contributed by atoms with E-state index in [0.717, 1.165) is 49.4 Å². The van der Waals surface area contributed by atoms with Crippen LogP contribution in [0.4, 0.5) is 0 Å². The average molecular weight is 292 g/mol. The first-order valence-corrected chi connectivity index (χ1v) is 7.78. The Morgan fingerprint density at radius 2 is 2.19 bits per heavy atom. The fourth-order valence-electron chi connectivity index (χ4n) is 3.27. The predicted octanol–water partition coefficient (Wildman–Crippen LogP) is 3.23. The maximum atomic E-state index is 9.91. The average Bonchev–Trinajstić information content (AvgIpc) is 2.45. The number of benzene rings is 1. The summed E-state index contributed by atoms with van der Waals surface area (Å²) < 4.78 is 17.4. The van der Waals surface area contributed by atoms with Crippen molar-refractivity contribution < 1.29 is 19.3 Å². The summed E-state index contributed by atoms with van der Waals surface area (Å²) in [5, 5.41) is 9.91. The van der Waals surface area contributed by atoms with Crippen LogP contribution < -0.4 is 9.47 Å². The van der Waals surface area contributed by atoms with E-state index in [2.05, 4.69) is 0 Å². The molecule has 1 saturated carbocycles. The number of hydrogen-bond donors (Lipinski definition) is 1. The lowest BCUT2D eigenvalue weighted by Crippen LogP contribution is -2.48. The molecular formula is C17H24O4. The molecule has 1 aliphatic carbocycles. The van der Waals surface area contributed by atoms with Gasteiger partial charge in [0.1, 0.15) is 17.6 Å². The van der Waals surface area contributed by atoms with Gasteiger partial charge in [-0.1, -0.05) is 0 Å². The number of hydrogen-bond acceptors (Lipinski definition) is 4. The van der Waals surface area contributed by atoms with E-state index < -0.39 is 6.10 Å². The van der Waals surface area contributed by atoms with Crippen molar-refractivity contribution in [1.82, 2.24) is 0 Å². The summed E-state index contributed by atoms with van der Waals surface area (Å²) in [5.41, 5.74) is 0.872. The SMILES string of the molecule is COc1ccc([C@@H](C)O)c(OC2CCOC3(CCC3)C2)c1. The molecule has 0 radical (unpaired) electrons. The number of aliphatic hydroxyl groups is 1. The van der Waals surface area contributed by atoms with Crippen LogP contribution >= 0.6 is 0 Å². The molecule has 4 nitrogen and oxygen atoms in total. The van der Waals surface area contributed by atoms with Crippen LogP contribution in [0.3, 0.4) is 0 Å². The Balaban J connectivity index is 1.76. The van der Waals surface area contributed by atoms with Crippen molar-refractivity contribution in [1.29, 1.82) is 0 Å². The lowest BCUT2D eigenvalue weighted by Gasteiger charge is -2.47. The summed E-state index contributed by atoms with van der Waals surface area (Å²) in [6.45, 7) is 2.52. The van der Waals surface area contributed by atoms with Gasteiger partial charge in [-0.05, 0) is 38.3 Å². The zero-order valence-electron chi connectivity index (χ0n) is 12.8. The van der Waals surface area contributed by atoms with Crippen molar-refractivity contribution >= 4 is 0 Å². The summed E-state index contributed by atoms with van der Waals surface area (Å²) in [6, 6.07) is 5.59. The van der Waals surface area contributed by atoms with E-state index in [1.807, 2.05) is 18.2 Å². The third kappa shape index (κ3) is 3.01. The highest BCUT2D eigenvalue weighted by Crippen LogP contribution is 2.43. The molecule has 0 amide bonds. The molecule has 1 spiro atoms. The zero-order chi connectivity index (χ0) is 14.9. The standard InChI is InChI=1S/C17H24O4/c1-12(18)15-5-4-13(19-2)10-16(15)21-14-6-9-20-17(11-14)7-3-8-17/h4-5,10,12,14,18H,3,6-9,11H2,1-2H3/t12-,14?/m1/s1. The van der Waals surface area contributed by atoms with Crippen molar-refractivity contribution in [3.05, 3.63) is 23.8 Å². The molecule has 0 aromatic heterocycles. The van der Waals surface area contributed by atoms with Crippen molar-refractivity contribution in [3.8, 4) is 11.5 Å². The van der Waals surface area contributed by atoms with Crippen LogP contribution in [0.15, 0.2) is 18.2 Å². The highest BCUT2D eigenvalue weighted by Gasteiger charge is 2.43. The third-order valence-corrected chi connectivity index (χ3v) is 4.68. The predicted molar refractivity (Wildman–Crippen MR) is 79.8 cm³/mol. The molecule has 1 aliphatic heterocycles. The van der Waals surface area contributed by atoms with Gasteiger partial charge in [0.15, 0.2) is 0 Å². The lowest BCUT2D eigenvalue weighted by atomic mass is 9.74. The molecule has 3 rings (SSSR count). The van der Waals surface area contributed by atoms with Crippen LogP contribution in [0.1, 0.15) is 50.7 Å². The Morgan fingerprint density at radius 1 is 1.38 bits per heavy atom. The van der Waals surface area contributed by atoms with E-state index in [1.54, 1.807) is 14.0 Å². The van der Waals surface area contributed by atoms with Gasteiger partial charge < -0.3 is 19.3 Å². The molecule has 1 aromatic carbocycles. The summed E-state index contributed by atoms with van der Waals surface area (Å²) in [7, 11) is 1.64. The van der Waals surface area contributed by atoms with Gasteiger partial charge in [-0.15, -0.1) is 0 Å². The minimum absolute atomic E-state index is 0.0623. The summed E-state index contributed by atoms with van der Waals surface area (Å²) >= 11 is 0. The van der Waals surface area contributed by atoms with Crippen LogP contribution in [0.5, 0.6) is 11.5 Å². The zero-order valence-corrected chi connectivity index (χ0v) is 12.8. The van der Waals surface area contributed by atoms with Gasteiger partial charge in [0.2, 0.25) is 0 Å². The molecule has 4 heteroatoms. The number of ether oxygens (including phenoxy) is 3. The second-order valence-electron chi connectivity index (χ2n) is 6.20.